The van der Waals surface area contributed by atoms with E-state index < -0.39 is 5.60 Å². The highest BCUT2D eigenvalue weighted by Gasteiger charge is 2.30. The van der Waals surface area contributed by atoms with Crippen molar-refractivity contribution >= 4 is 11.3 Å². The van der Waals surface area contributed by atoms with Crippen LogP contribution in [0.2, 0.25) is 0 Å². The van der Waals surface area contributed by atoms with Gasteiger partial charge in [0.15, 0.2) is 5.06 Å². The molecule has 1 aliphatic rings. The van der Waals surface area contributed by atoms with E-state index in [1.54, 1.807) is 18.4 Å². The van der Waals surface area contributed by atoms with Crippen molar-refractivity contribution in [3.05, 3.63) is 17.0 Å². The van der Waals surface area contributed by atoms with Gasteiger partial charge in [-0.15, -0.1) is 11.3 Å². The maximum atomic E-state index is 10.1. The van der Waals surface area contributed by atoms with Crippen LogP contribution in [0.1, 0.15) is 30.6 Å². The van der Waals surface area contributed by atoms with E-state index in [0.29, 0.717) is 6.54 Å². The quantitative estimate of drug-likeness (QED) is 0.830. The van der Waals surface area contributed by atoms with Crippen LogP contribution in [0, 0.1) is 0 Å². The zero-order chi connectivity index (χ0) is 11.4. The summed E-state index contributed by atoms with van der Waals surface area (Å²) in [6.07, 6.45) is 4.19. The molecule has 0 amide bonds. The van der Waals surface area contributed by atoms with Crippen LogP contribution in [-0.2, 0) is 6.54 Å². The van der Waals surface area contributed by atoms with Crippen molar-refractivity contribution in [1.82, 2.24) is 5.32 Å². The molecule has 1 aliphatic carbocycles. The largest absolute Gasteiger partial charge is 0.487 e. The molecule has 1 fully saturated rings. The Hall–Kier alpha value is -0.580. The molecule has 16 heavy (non-hydrogen) atoms. The van der Waals surface area contributed by atoms with Gasteiger partial charge >= 0.3 is 0 Å². The van der Waals surface area contributed by atoms with Crippen molar-refractivity contribution in [3.63, 3.8) is 0 Å². The van der Waals surface area contributed by atoms with Gasteiger partial charge in [-0.1, -0.05) is 12.8 Å². The van der Waals surface area contributed by atoms with Crippen molar-refractivity contribution in [2.24, 2.45) is 0 Å². The summed E-state index contributed by atoms with van der Waals surface area (Å²) in [6.45, 7) is 1.52. The second kappa shape index (κ2) is 5.17. The molecule has 1 aromatic rings. The fourth-order valence-corrected chi connectivity index (χ4v) is 2.98. The average Bonchev–Trinajstić information content (AvgIpc) is 2.88. The fraction of sp³-hybridized carbons (Fsp3) is 0.667. The van der Waals surface area contributed by atoms with E-state index in [2.05, 4.69) is 11.4 Å². The first kappa shape index (κ1) is 11.9. The normalized spacial score (nSPS) is 18.9. The van der Waals surface area contributed by atoms with Crippen LogP contribution in [0.15, 0.2) is 12.1 Å². The summed E-state index contributed by atoms with van der Waals surface area (Å²) in [4.78, 5) is 1.25. The molecule has 0 aliphatic heterocycles. The molecule has 1 aromatic heterocycles. The smallest absolute Gasteiger partial charge is 0.173 e. The number of hydrogen-bond acceptors (Lipinski definition) is 4. The van der Waals surface area contributed by atoms with Gasteiger partial charge in [0.1, 0.15) is 0 Å². The number of aliphatic hydroxyl groups is 1. The summed E-state index contributed by atoms with van der Waals surface area (Å²) in [7, 11) is 1.68. The summed E-state index contributed by atoms with van der Waals surface area (Å²) in [6, 6.07) is 4.04. The number of hydrogen-bond donors (Lipinski definition) is 2. The molecule has 3 nitrogen and oxygen atoms in total. The Labute approximate surface area is 100 Å². The van der Waals surface area contributed by atoms with Gasteiger partial charge in [-0.2, -0.15) is 0 Å². The Kier molecular flexibility index (Phi) is 3.84. The van der Waals surface area contributed by atoms with E-state index in [0.717, 1.165) is 37.3 Å². The number of ether oxygens (including phenoxy) is 1. The van der Waals surface area contributed by atoms with Crippen LogP contribution in [-0.4, -0.2) is 24.4 Å². The number of nitrogens with one attached hydrogen (secondary N) is 1. The first-order valence-corrected chi connectivity index (χ1v) is 6.59. The van der Waals surface area contributed by atoms with Crippen molar-refractivity contribution in [3.8, 4) is 5.06 Å². The molecule has 4 heteroatoms. The van der Waals surface area contributed by atoms with Gasteiger partial charge in [-0.3, -0.25) is 0 Å². The Morgan fingerprint density at radius 2 is 2.19 bits per heavy atom. The second-order valence-electron chi connectivity index (χ2n) is 4.46. The third kappa shape index (κ3) is 2.97. The number of thiophene rings is 1. The SMILES string of the molecule is COc1ccc(CNCC2(O)CCCC2)s1. The molecule has 0 aromatic carbocycles. The molecule has 0 atom stereocenters. The summed E-state index contributed by atoms with van der Waals surface area (Å²) in [5.74, 6) is 0. The predicted molar refractivity (Wildman–Crippen MR) is 66.0 cm³/mol. The average molecular weight is 241 g/mol. The molecule has 2 N–H and O–H groups in total. The molecule has 0 spiro atoms. The first-order chi connectivity index (χ1) is 7.72. The van der Waals surface area contributed by atoms with Crippen LogP contribution in [0.4, 0.5) is 0 Å². The van der Waals surface area contributed by atoms with E-state index in [-0.39, 0.29) is 0 Å². The zero-order valence-electron chi connectivity index (χ0n) is 9.66. The van der Waals surface area contributed by atoms with Gasteiger partial charge < -0.3 is 15.2 Å². The van der Waals surface area contributed by atoms with Crippen molar-refractivity contribution < 1.29 is 9.84 Å². The molecular formula is C12H19NO2S. The van der Waals surface area contributed by atoms with Crippen LogP contribution >= 0.6 is 11.3 Å². The number of methoxy groups -OCH3 is 1. The van der Waals surface area contributed by atoms with Crippen molar-refractivity contribution in [1.29, 1.82) is 0 Å². The van der Waals surface area contributed by atoms with Gasteiger partial charge in [0.05, 0.1) is 12.7 Å². The number of rotatable bonds is 5. The molecule has 1 saturated carbocycles. The summed E-state index contributed by atoms with van der Waals surface area (Å²) in [5.41, 5.74) is -0.457. The fourth-order valence-electron chi connectivity index (χ4n) is 2.19. The van der Waals surface area contributed by atoms with Crippen LogP contribution in [0.5, 0.6) is 5.06 Å². The third-order valence-corrected chi connectivity index (χ3v) is 4.17. The Morgan fingerprint density at radius 1 is 1.44 bits per heavy atom. The zero-order valence-corrected chi connectivity index (χ0v) is 10.5. The second-order valence-corrected chi connectivity index (χ2v) is 5.59. The molecule has 1 heterocycles. The highest BCUT2D eigenvalue weighted by atomic mass is 32.1. The van der Waals surface area contributed by atoms with Gasteiger partial charge in [0, 0.05) is 18.0 Å². The maximum absolute atomic E-state index is 10.1. The Morgan fingerprint density at radius 3 is 2.81 bits per heavy atom. The van der Waals surface area contributed by atoms with Gasteiger partial charge in [0.25, 0.3) is 0 Å². The molecule has 0 radical (unpaired) electrons. The Balaban J connectivity index is 1.75. The van der Waals surface area contributed by atoms with Crippen molar-refractivity contribution in [2.45, 2.75) is 37.8 Å². The minimum Gasteiger partial charge on any atom is -0.487 e. The molecular weight excluding hydrogens is 222 g/mol. The lowest BCUT2D eigenvalue weighted by Gasteiger charge is -2.22. The molecule has 90 valence electrons. The van der Waals surface area contributed by atoms with Gasteiger partial charge in [-0.05, 0) is 25.0 Å². The lowest BCUT2D eigenvalue weighted by atomic mass is 10.0. The van der Waals surface area contributed by atoms with Crippen molar-refractivity contribution in [2.75, 3.05) is 13.7 Å². The molecule has 0 unspecified atom stereocenters. The minimum atomic E-state index is -0.457. The van der Waals surface area contributed by atoms with Crippen LogP contribution < -0.4 is 10.1 Å². The van der Waals surface area contributed by atoms with E-state index in [9.17, 15) is 5.11 Å². The standard InChI is InChI=1S/C12H19NO2S/c1-15-11-5-4-10(16-11)8-13-9-12(14)6-2-3-7-12/h4-5,13-14H,2-3,6-9H2,1H3. The lowest BCUT2D eigenvalue weighted by Crippen LogP contribution is -2.37. The third-order valence-electron chi connectivity index (χ3n) is 3.13. The topological polar surface area (TPSA) is 41.5 Å². The lowest BCUT2D eigenvalue weighted by molar-refractivity contribution is 0.0475. The minimum absolute atomic E-state index is 0.457. The first-order valence-electron chi connectivity index (χ1n) is 5.78. The highest BCUT2D eigenvalue weighted by molar-refractivity contribution is 7.13. The van der Waals surface area contributed by atoms with E-state index in [4.69, 9.17) is 4.74 Å². The van der Waals surface area contributed by atoms with Crippen LogP contribution in [0.3, 0.4) is 0 Å². The molecule has 2 rings (SSSR count). The van der Waals surface area contributed by atoms with Crippen LogP contribution in [0.25, 0.3) is 0 Å². The predicted octanol–water partition coefficient (Wildman–Crippen LogP) is 2.15. The maximum Gasteiger partial charge on any atom is 0.173 e. The Bertz CT molecular complexity index is 332. The monoisotopic (exact) mass is 241 g/mol. The van der Waals surface area contributed by atoms with E-state index in [1.165, 1.54) is 4.88 Å². The highest BCUT2D eigenvalue weighted by Crippen LogP contribution is 2.29. The summed E-state index contributed by atoms with van der Waals surface area (Å²) >= 11 is 1.65. The summed E-state index contributed by atoms with van der Waals surface area (Å²) in [5, 5.41) is 14.4. The molecule has 0 bridgehead atoms. The summed E-state index contributed by atoms with van der Waals surface area (Å²) < 4.78 is 5.14. The van der Waals surface area contributed by atoms with Gasteiger partial charge in [-0.25, -0.2) is 0 Å². The van der Waals surface area contributed by atoms with E-state index >= 15 is 0 Å². The molecule has 0 saturated heterocycles. The van der Waals surface area contributed by atoms with E-state index in [1.807, 2.05) is 6.07 Å². The van der Waals surface area contributed by atoms with Gasteiger partial charge in [0.2, 0.25) is 0 Å².